The fourth-order valence-corrected chi connectivity index (χ4v) is 2.63. The minimum Gasteiger partial charge on any atom is -0.422 e. The van der Waals surface area contributed by atoms with Gasteiger partial charge in [0.1, 0.15) is 5.75 Å². The van der Waals surface area contributed by atoms with Gasteiger partial charge in [-0.3, -0.25) is 0 Å². The highest BCUT2D eigenvalue weighted by molar-refractivity contribution is 6.42. The van der Waals surface area contributed by atoms with Crippen molar-refractivity contribution in [3.8, 4) is 5.75 Å². The van der Waals surface area contributed by atoms with Gasteiger partial charge in [0.2, 0.25) is 0 Å². The maximum absolute atomic E-state index is 12.2. The van der Waals surface area contributed by atoms with Crippen molar-refractivity contribution >= 4 is 51.5 Å². The first-order valence-electron chi connectivity index (χ1n) is 6.41. The molecule has 0 N–H and O–H groups in total. The minimum absolute atomic E-state index is 0.303. The molecule has 110 valence electrons. The zero-order valence-corrected chi connectivity index (χ0v) is 13.4. The Morgan fingerprint density at radius 2 is 1.45 bits per heavy atom. The summed E-state index contributed by atoms with van der Waals surface area (Å²) in [6.45, 7) is 0. The molecule has 0 amide bonds. The molecular formula is C17H9Cl3O2. The Morgan fingerprint density at radius 3 is 2.18 bits per heavy atom. The van der Waals surface area contributed by atoms with Gasteiger partial charge in [0.05, 0.1) is 15.6 Å². The van der Waals surface area contributed by atoms with Gasteiger partial charge in [-0.15, -0.1) is 0 Å². The fraction of sp³-hybridized carbons (Fsp3) is 0. The molecular weight excluding hydrogens is 343 g/mol. The highest BCUT2D eigenvalue weighted by Gasteiger charge is 2.13. The number of hydrogen-bond acceptors (Lipinski definition) is 2. The average molecular weight is 352 g/mol. The standard InChI is InChI=1S/C17H9Cl3O2/c18-13-7-8-16(12-4-2-1-3-11(12)13)22-17(21)10-5-6-14(19)15(20)9-10/h1-9H. The van der Waals surface area contributed by atoms with Crippen LogP contribution < -0.4 is 4.74 Å². The van der Waals surface area contributed by atoms with Crippen molar-refractivity contribution in [2.75, 3.05) is 0 Å². The van der Waals surface area contributed by atoms with Crippen LogP contribution in [0.5, 0.6) is 5.75 Å². The molecule has 0 aliphatic heterocycles. The molecule has 0 aliphatic carbocycles. The van der Waals surface area contributed by atoms with Crippen molar-refractivity contribution in [3.05, 3.63) is 75.2 Å². The molecule has 3 rings (SSSR count). The molecule has 3 aromatic carbocycles. The van der Waals surface area contributed by atoms with Crippen molar-refractivity contribution in [1.29, 1.82) is 0 Å². The zero-order valence-electron chi connectivity index (χ0n) is 11.1. The lowest BCUT2D eigenvalue weighted by Crippen LogP contribution is -2.08. The van der Waals surface area contributed by atoms with Gasteiger partial charge in [-0.25, -0.2) is 4.79 Å². The van der Waals surface area contributed by atoms with E-state index in [0.29, 0.717) is 26.4 Å². The lowest BCUT2D eigenvalue weighted by Gasteiger charge is -2.09. The van der Waals surface area contributed by atoms with E-state index in [1.54, 1.807) is 24.3 Å². The van der Waals surface area contributed by atoms with Crippen LogP contribution in [0.2, 0.25) is 15.1 Å². The summed E-state index contributed by atoms with van der Waals surface area (Å²) in [6.07, 6.45) is 0. The van der Waals surface area contributed by atoms with Gasteiger partial charge < -0.3 is 4.74 Å². The predicted octanol–water partition coefficient (Wildman–Crippen LogP) is 6.02. The number of benzene rings is 3. The molecule has 5 heteroatoms. The molecule has 2 nitrogen and oxygen atoms in total. The van der Waals surface area contributed by atoms with E-state index in [9.17, 15) is 4.79 Å². The molecule has 0 atom stereocenters. The van der Waals surface area contributed by atoms with Crippen molar-refractivity contribution in [2.24, 2.45) is 0 Å². The van der Waals surface area contributed by atoms with E-state index in [1.165, 1.54) is 6.07 Å². The van der Waals surface area contributed by atoms with Gasteiger partial charge in [0.15, 0.2) is 0 Å². The van der Waals surface area contributed by atoms with E-state index in [-0.39, 0.29) is 0 Å². The highest BCUT2D eigenvalue weighted by Crippen LogP contribution is 2.32. The Balaban J connectivity index is 1.98. The van der Waals surface area contributed by atoms with Crippen molar-refractivity contribution in [3.63, 3.8) is 0 Å². The average Bonchev–Trinajstić information content (AvgIpc) is 2.53. The smallest absolute Gasteiger partial charge is 0.343 e. The maximum atomic E-state index is 12.2. The van der Waals surface area contributed by atoms with Crippen LogP contribution in [-0.4, -0.2) is 5.97 Å². The summed E-state index contributed by atoms with van der Waals surface area (Å²) in [5, 5.41) is 2.88. The molecule has 0 aromatic heterocycles. The van der Waals surface area contributed by atoms with Crippen LogP contribution >= 0.6 is 34.8 Å². The monoisotopic (exact) mass is 350 g/mol. The molecule has 0 saturated carbocycles. The molecule has 0 bridgehead atoms. The van der Waals surface area contributed by atoms with Crippen LogP contribution in [0.4, 0.5) is 0 Å². The van der Waals surface area contributed by atoms with Crippen LogP contribution in [-0.2, 0) is 0 Å². The Hall–Kier alpha value is -1.74. The lowest BCUT2D eigenvalue weighted by atomic mass is 10.1. The van der Waals surface area contributed by atoms with Crippen LogP contribution in [0, 0.1) is 0 Å². The third kappa shape index (κ3) is 2.91. The van der Waals surface area contributed by atoms with Crippen LogP contribution in [0.1, 0.15) is 10.4 Å². The Morgan fingerprint density at radius 1 is 0.773 bits per heavy atom. The summed E-state index contributed by atoms with van der Waals surface area (Å²) in [7, 11) is 0. The Labute approximate surface area is 142 Å². The molecule has 0 fully saturated rings. The Kier molecular flexibility index (Phi) is 4.25. The molecule has 0 unspecified atom stereocenters. The molecule has 0 spiro atoms. The third-order valence-electron chi connectivity index (χ3n) is 3.19. The van der Waals surface area contributed by atoms with Gasteiger partial charge in [0.25, 0.3) is 0 Å². The molecule has 0 aliphatic rings. The number of halogens is 3. The van der Waals surface area contributed by atoms with Gasteiger partial charge in [-0.1, -0.05) is 59.1 Å². The first-order chi connectivity index (χ1) is 10.6. The zero-order chi connectivity index (χ0) is 15.7. The van der Waals surface area contributed by atoms with E-state index in [4.69, 9.17) is 39.5 Å². The summed E-state index contributed by atoms with van der Waals surface area (Å²) < 4.78 is 5.46. The van der Waals surface area contributed by atoms with E-state index in [0.717, 1.165) is 10.8 Å². The molecule has 3 aromatic rings. The SMILES string of the molecule is O=C(Oc1ccc(Cl)c2ccccc12)c1ccc(Cl)c(Cl)c1. The first kappa shape index (κ1) is 15.2. The second kappa shape index (κ2) is 6.17. The highest BCUT2D eigenvalue weighted by atomic mass is 35.5. The summed E-state index contributed by atoms with van der Waals surface area (Å²) in [5.41, 5.74) is 0.327. The number of carbonyl (C=O) groups is 1. The summed E-state index contributed by atoms with van der Waals surface area (Å²) in [5.74, 6) is -0.0675. The number of esters is 1. The number of ether oxygens (including phenoxy) is 1. The van der Waals surface area contributed by atoms with Gasteiger partial charge in [-0.2, -0.15) is 0 Å². The second-order valence-electron chi connectivity index (χ2n) is 4.61. The van der Waals surface area contributed by atoms with E-state index < -0.39 is 5.97 Å². The quantitative estimate of drug-likeness (QED) is 0.417. The topological polar surface area (TPSA) is 26.3 Å². The van der Waals surface area contributed by atoms with Crippen molar-refractivity contribution in [1.82, 2.24) is 0 Å². The predicted molar refractivity (Wildman–Crippen MR) is 90.4 cm³/mol. The largest absolute Gasteiger partial charge is 0.422 e. The number of fused-ring (bicyclic) bond motifs is 1. The van der Waals surface area contributed by atoms with Crippen LogP contribution in [0.3, 0.4) is 0 Å². The number of carbonyl (C=O) groups excluding carboxylic acids is 1. The fourth-order valence-electron chi connectivity index (χ4n) is 2.11. The summed E-state index contributed by atoms with van der Waals surface area (Å²) >= 11 is 17.9. The third-order valence-corrected chi connectivity index (χ3v) is 4.26. The second-order valence-corrected chi connectivity index (χ2v) is 5.83. The summed E-state index contributed by atoms with van der Waals surface area (Å²) in [6, 6.07) is 15.4. The van der Waals surface area contributed by atoms with Gasteiger partial charge in [-0.05, 0) is 30.3 Å². The number of rotatable bonds is 2. The molecule has 0 radical (unpaired) electrons. The van der Waals surface area contributed by atoms with Crippen molar-refractivity contribution < 1.29 is 9.53 Å². The molecule has 0 saturated heterocycles. The first-order valence-corrected chi connectivity index (χ1v) is 7.54. The van der Waals surface area contributed by atoms with Gasteiger partial charge >= 0.3 is 5.97 Å². The molecule has 22 heavy (non-hydrogen) atoms. The molecule has 0 heterocycles. The number of hydrogen-bond donors (Lipinski definition) is 0. The van der Waals surface area contributed by atoms with Gasteiger partial charge in [0, 0.05) is 15.8 Å². The van der Waals surface area contributed by atoms with Crippen molar-refractivity contribution in [2.45, 2.75) is 0 Å². The van der Waals surface area contributed by atoms with E-state index >= 15 is 0 Å². The van der Waals surface area contributed by atoms with E-state index in [1.807, 2.05) is 24.3 Å². The minimum atomic E-state index is -0.508. The maximum Gasteiger partial charge on any atom is 0.343 e. The lowest BCUT2D eigenvalue weighted by molar-refractivity contribution is 0.0737. The van der Waals surface area contributed by atoms with E-state index in [2.05, 4.69) is 0 Å². The Bertz CT molecular complexity index is 875. The van der Waals surface area contributed by atoms with Crippen LogP contribution in [0.15, 0.2) is 54.6 Å². The normalized spacial score (nSPS) is 10.7. The summed E-state index contributed by atoms with van der Waals surface area (Å²) in [4.78, 5) is 12.2. The van der Waals surface area contributed by atoms with Crippen LogP contribution in [0.25, 0.3) is 10.8 Å².